The molecule has 0 aromatic carbocycles. The predicted molar refractivity (Wildman–Crippen MR) is 59.9 cm³/mol. The van der Waals surface area contributed by atoms with Crippen LogP contribution in [0.2, 0.25) is 0 Å². The maximum atomic E-state index is 12.3. The lowest BCUT2D eigenvalue weighted by molar-refractivity contribution is -0.153. The van der Waals surface area contributed by atoms with Crippen molar-refractivity contribution >= 4 is 11.6 Å². The van der Waals surface area contributed by atoms with Gasteiger partial charge in [0.05, 0.1) is 5.60 Å². The SMILES string of the molecule is CC1(C)CC[C@@H]2C(=O)C[C@](C)(O)C[C@H]2C1=O. The lowest BCUT2D eigenvalue weighted by atomic mass is 9.59. The molecule has 3 nitrogen and oxygen atoms in total. The molecular weight excluding hydrogens is 204 g/mol. The molecule has 0 radical (unpaired) electrons. The van der Waals surface area contributed by atoms with E-state index >= 15 is 0 Å². The summed E-state index contributed by atoms with van der Waals surface area (Å²) in [5, 5.41) is 10.00. The number of hydrogen-bond acceptors (Lipinski definition) is 3. The van der Waals surface area contributed by atoms with Crippen molar-refractivity contribution in [3.8, 4) is 0 Å². The van der Waals surface area contributed by atoms with Crippen LogP contribution in [0.25, 0.3) is 0 Å². The molecule has 0 aromatic heterocycles. The van der Waals surface area contributed by atoms with Crippen molar-refractivity contribution in [3.05, 3.63) is 0 Å². The van der Waals surface area contributed by atoms with Crippen LogP contribution in [0.5, 0.6) is 0 Å². The molecule has 2 aliphatic rings. The molecule has 3 atom stereocenters. The minimum Gasteiger partial charge on any atom is -0.390 e. The molecule has 0 heterocycles. The summed E-state index contributed by atoms with van der Waals surface area (Å²) in [5.41, 5.74) is -1.31. The average molecular weight is 224 g/mol. The summed E-state index contributed by atoms with van der Waals surface area (Å²) < 4.78 is 0. The molecule has 16 heavy (non-hydrogen) atoms. The van der Waals surface area contributed by atoms with E-state index in [-0.39, 0.29) is 35.2 Å². The van der Waals surface area contributed by atoms with Gasteiger partial charge < -0.3 is 5.11 Å². The molecule has 0 bridgehead atoms. The van der Waals surface area contributed by atoms with Gasteiger partial charge in [0, 0.05) is 23.7 Å². The fraction of sp³-hybridized carbons (Fsp3) is 0.846. The molecule has 90 valence electrons. The largest absolute Gasteiger partial charge is 0.390 e. The van der Waals surface area contributed by atoms with Crippen molar-refractivity contribution < 1.29 is 14.7 Å². The van der Waals surface area contributed by atoms with Gasteiger partial charge in [-0.1, -0.05) is 13.8 Å². The summed E-state index contributed by atoms with van der Waals surface area (Å²) in [6, 6.07) is 0. The number of hydrogen-bond donors (Lipinski definition) is 1. The van der Waals surface area contributed by atoms with Crippen LogP contribution in [0, 0.1) is 17.3 Å². The van der Waals surface area contributed by atoms with E-state index < -0.39 is 5.60 Å². The van der Waals surface area contributed by atoms with Crippen molar-refractivity contribution in [1.82, 2.24) is 0 Å². The van der Waals surface area contributed by atoms with Gasteiger partial charge in [-0.2, -0.15) is 0 Å². The van der Waals surface area contributed by atoms with E-state index in [9.17, 15) is 14.7 Å². The van der Waals surface area contributed by atoms with Crippen LogP contribution < -0.4 is 0 Å². The summed E-state index contributed by atoms with van der Waals surface area (Å²) in [6.07, 6.45) is 2.26. The molecule has 2 saturated carbocycles. The Hall–Kier alpha value is -0.700. The Bertz CT molecular complexity index is 341. The van der Waals surface area contributed by atoms with Gasteiger partial charge in [-0.15, -0.1) is 0 Å². The van der Waals surface area contributed by atoms with Crippen LogP contribution in [-0.2, 0) is 9.59 Å². The van der Waals surface area contributed by atoms with E-state index in [0.29, 0.717) is 6.42 Å². The third-order valence-corrected chi connectivity index (χ3v) is 4.20. The average Bonchev–Trinajstić information content (AvgIpc) is 2.11. The quantitative estimate of drug-likeness (QED) is 0.681. The smallest absolute Gasteiger partial charge is 0.142 e. The molecule has 0 spiro atoms. The fourth-order valence-corrected chi connectivity index (χ4v) is 3.20. The lowest BCUT2D eigenvalue weighted by Crippen LogP contribution is -2.51. The highest BCUT2D eigenvalue weighted by Gasteiger charge is 2.51. The Labute approximate surface area is 96.2 Å². The molecule has 1 N–H and O–H groups in total. The van der Waals surface area contributed by atoms with Gasteiger partial charge in [0.2, 0.25) is 0 Å². The van der Waals surface area contributed by atoms with Gasteiger partial charge in [-0.3, -0.25) is 9.59 Å². The fourth-order valence-electron chi connectivity index (χ4n) is 3.20. The van der Waals surface area contributed by atoms with Crippen LogP contribution in [0.15, 0.2) is 0 Å². The number of carbonyl (C=O) groups is 2. The van der Waals surface area contributed by atoms with Crippen LogP contribution in [-0.4, -0.2) is 22.3 Å². The molecule has 0 aromatic rings. The highest BCUT2D eigenvalue weighted by atomic mass is 16.3. The number of rotatable bonds is 0. The Morgan fingerprint density at radius 3 is 2.44 bits per heavy atom. The second kappa shape index (κ2) is 3.39. The van der Waals surface area contributed by atoms with Crippen molar-refractivity contribution in [2.45, 2.75) is 52.1 Å². The minimum absolute atomic E-state index is 0.0742. The Morgan fingerprint density at radius 2 is 1.81 bits per heavy atom. The van der Waals surface area contributed by atoms with Crippen molar-refractivity contribution in [2.24, 2.45) is 17.3 Å². The number of aliphatic hydroxyl groups is 1. The molecule has 2 aliphatic carbocycles. The number of fused-ring (bicyclic) bond motifs is 1. The first-order valence-corrected chi connectivity index (χ1v) is 6.02. The van der Waals surface area contributed by atoms with Crippen LogP contribution in [0.3, 0.4) is 0 Å². The minimum atomic E-state index is -0.985. The molecule has 2 rings (SSSR count). The molecule has 3 heteroatoms. The van der Waals surface area contributed by atoms with Gasteiger partial charge in [-0.25, -0.2) is 0 Å². The van der Waals surface area contributed by atoms with Gasteiger partial charge >= 0.3 is 0 Å². The zero-order valence-electron chi connectivity index (χ0n) is 10.2. The van der Waals surface area contributed by atoms with E-state index in [4.69, 9.17) is 0 Å². The standard InChI is InChI=1S/C13H20O3/c1-12(2)5-4-8-9(11(12)15)6-13(3,16)7-10(8)14/h8-9,16H,4-7H2,1-3H3/t8-,9+,13+/m0/s1. The molecule has 0 unspecified atom stereocenters. The maximum Gasteiger partial charge on any atom is 0.142 e. The van der Waals surface area contributed by atoms with Gasteiger partial charge in [0.15, 0.2) is 0 Å². The molecular formula is C13H20O3. The van der Waals surface area contributed by atoms with E-state index in [1.54, 1.807) is 6.92 Å². The van der Waals surface area contributed by atoms with Crippen molar-refractivity contribution in [1.29, 1.82) is 0 Å². The van der Waals surface area contributed by atoms with Gasteiger partial charge in [0.1, 0.15) is 11.6 Å². The monoisotopic (exact) mass is 224 g/mol. The zero-order valence-corrected chi connectivity index (χ0v) is 10.2. The van der Waals surface area contributed by atoms with E-state index in [1.165, 1.54) is 0 Å². The van der Waals surface area contributed by atoms with Gasteiger partial charge in [-0.05, 0) is 26.2 Å². The third kappa shape index (κ3) is 1.81. The number of Topliss-reactive ketones (excluding diaryl/α,β-unsaturated/α-hetero) is 2. The van der Waals surface area contributed by atoms with Gasteiger partial charge in [0.25, 0.3) is 0 Å². The summed E-state index contributed by atoms with van der Waals surface area (Å²) in [6.45, 7) is 5.55. The number of carbonyl (C=O) groups excluding carboxylic acids is 2. The number of ketones is 2. The van der Waals surface area contributed by atoms with Crippen LogP contribution >= 0.6 is 0 Å². The third-order valence-electron chi connectivity index (χ3n) is 4.20. The Kier molecular flexibility index (Phi) is 2.50. The van der Waals surface area contributed by atoms with Crippen LogP contribution in [0.4, 0.5) is 0 Å². The van der Waals surface area contributed by atoms with E-state index in [2.05, 4.69) is 0 Å². The summed E-state index contributed by atoms with van der Waals surface area (Å²) in [5.74, 6) is -0.136. The Balaban J connectivity index is 2.28. The first kappa shape index (κ1) is 11.8. The molecule has 0 amide bonds. The normalized spacial score (nSPS) is 43.0. The van der Waals surface area contributed by atoms with E-state index in [0.717, 1.165) is 12.8 Å². The molecule has 2 fully saturated rings. The predicted octanol–water partition coefficient (Wildman–Crippen LogP) is 1.72. The lowest BCUT2D eigenvalue weighted by Gasteiger charge is -2.45. The van der Waals surface area contributed by atoms with E-state index in [1.807, 2.05) is 13.8 Å². The first-order valence-electron chi connectivity index (χ1n) is 6.02. The second-order valence-corrected chi connectivity index (χ2v) is 6.34. The molecule has 0 aliphatic heterocycles. The summed E-state index contributed by atoms with van der Waals surface area (Å²) in [7, 11) is 0. The first-order chi connectivity index (χ1) is 7.23. The highest BCUT2D eigenvalue weighted by Crippen LogP contribution is 2.46. The van der Waals surface area contributed by atoms with Crippen molar-refractivity contribution in [3.63, 3.8) is 0 Å². The summed E-state index contributed by atoms with van der Waals surface area (Å²) >= 11 is 0. The Morgan fingerprint density at radius 1 is 1.19 bits per heavy atom. The van der Waals surface area contributed by atoms with Crippen molar-refractivity contribution in [2.75, 3.05) is 0 Å². The maximum absolute atomic E-state index is 12.3. The topological polar surface area (TPSA) is 54.4 Å². The van der Waals surface area contributed by atoms with Crippen LogP contribution in [0.1, 0.15) is 46.5 Å². The summed E-state index contributed by atoms with van der Waals surface area (Å²) in [4.78, 5) is 24.1. The highest BCUT2D eigenvalue weighted by molar-refractivity contribution is 5.95. The zero-order chi connectivity index (χ0) is 12.1. The molecule has 0 saturated heterocycles. The second-order valence-electron chi connectivity index (χ2n) is 6.34.